The molecule has 2 rings (SSSR count). The van der Waals surface area contributed by atoms with Crippen LogP contribution in [0.2, 0.25) is 0 Å². The Morgan fingerprint density at radius 3 is 2.45 bits per heavy atom. The molecule has 1 aromatic rings. The second-order valence-corrected chi connectivity index (χ2v) is 9.01. The first-order valence-electron chi connectivity index (χ1n) is 11.5. The molecule has 182 valence electrons. The first-order valence-corrected chi connectivity index (χ1v) is 11.5. The highest BCUT2D eigenvalue weighted by molar-refractivity contribution is 5.72. The van der Waals surface area contributed by atoms with Crippen molar-refractivity contribution in [3.8, 4) is 0 Å². The van der Waals surface area contributed by atoms with E-state index >= 15 is 0 Å². The van der Waals surface area contributed by atoms with Gasteiger partial charge in [0, 0.05) is 33.1 Å². The number of cyclic esters (lactones) is 1. The summed E-state index contributed by atoms with van der Waals surface area (Å²) in [6, 6.07) is 1.95. The van der Waals surface area contributed by atoms with Crippen LogP contribution in [0.15, 0.2) is 46.3 Å². The number of rotatable bonds is 12. The van der Waals surface area contributed by atoms with Crippen molar-refractivity contribution in [2.45, 2.75) is 97.4 Å². The molecule has 0 saturated carbocycles. The van der Waals surface area contributed by atoms with Crippen LogP contribution in [-0.4, -0.2) is 35.7 Å². The van der Waals surface area contributed by atoms with Crippen LogP contribution in [0.4, 0.5) is 0 Å². The predicted molar refractivity (Wildman–Crippen MR) is 123 cm³/mol. The molecule has 0 unspecified atom stereocenters. The maximum atomic E-state index is 11.6. The van der Waals surface area contributed by atoms with Crippen molar-refractivity contribution < 1.29 is 33.0 Å². The molecule has 2 heterocycles. The van der Waals surface area contributed by atoms with E-state index in [0.29, 0.717) is 32.1 Å². The summed E-state index contributed by atoms with van der Waals surface area (Å²) in [5.41, 5.74) is 2.48. The van der Waals surface area contributed by atoms with Crippen molar-refractivity contribution in [1.82, 2.24) is 0 Å². The van der Waals surface area contributed by atoms with Crippen LogP contribution < -0.4 is 0 Å². The van der Waals surface area contributed by atoms with Gasteiger partial charge in [-0.15, -0.1) is 0 Å². The summed E-state index contributed by atoms with van der Waals surface area (Å²) in [7, 11) is 0. The Morgan fingerprint density at radius 2 is 1.88 bits per heavy atom. The zero-order chi connectivity index (χ0) is 24.4. The maximum Gasteiger partial charge on any atom is 0.306 e. The van der Waals surface area contributed by atoms with Crippen molar-refractivity contribution in [2.75, 3.05) is 0 Å². The molecule has 0 bridgehead atoms. The average Bonchev–Trinajstić information content (AvgIpc) is 3.34. The van der Waals surface area contributed by atoms with E-state index in [0.717, 1.165) is 29.6 Å². The van der Waals surface area contributed by atoms with E-state index in [1.165, 1.54) is 13.8 Å². The van der Waals surface area contributed by atoms with Crippen LogP contribution in [0, 0.1) is 0 Å². The number of allylic oxidation sites excluding steroid dienone is 2. The van der Waals surface area contributed by atoms with E-state index in [2.05, 4.69) is 6.08 Å². The van der Waals surface area contributed by atoms with Crippen LogP contribution in [0.5, 0.6) is 0 Å². The summed E-state index contributed by atoms with van der Waals surface area (Å²) < 4.78 is 21.6. The van der Waals surface area contributed by atoms with Gasteiger partial charge in [-0.3, -0.25) is 14.4 Å². The van der Waals surface area contributed by atoms with Gasteiger partial charge >= 0.3 is 17.9 Å². The van der Waals surface area contributed by atoms with E-state index in [9.17, 15) is 14.4 Å². The molecule has 0 aliphatic carbocycles. The quantitative estimate of drug-likeness (QED) is 0.239. The molecular formula is C26H36O7. The lowest BCUT2D eigenvalue weighted by Crippen LogP contribution is -2.42. The molecule has 0 aromatic carbocycles. The fraction of sp³-hybridized carbons (Fsp3) is 0.577. The highest BCUT2D eigenvalue weighted by Crippen LogP contribution is 2.34. The number of furan rings is 1. The largest absolute Gasteiger partial charge is 0.472 e. The van der Waals surface area contributed by atoms with Crippen LogP contribution in [0.25, 0.3) is 0 Å². The van der Waals surface area contributed by atoms with E-state index in [4.69, 9.17) is 18.6 Å². The van der Waals surface area contributed by atoms with E-state index in [1.54, 1.807) is 12.5 Å². The van der Waals surface area contributed by atoms with Gasteiger partial charge in [0.2, 0.25) is 0 Å². The molecule has 7 nitrogen and oxygen atoms in total. The highest BCUT2D eigenvalue weighted by Gasteiger charge is 2.44. The van der Waals surface area contributed by atoms with E-state index in [-0.39, 0.29) is 18.0 Å². The monoisotopic (exact) mass is 460 g/mol. The zero-order valence-corrected chi connectivity index (χ0v) is 20.3. The molecular weight excluding hydrogens is 424 g/mol. The average molecular weight is 461 g/mol. The summed E-state index contributed by atoms with van der Waals surface area (Å²) in [5, 5.41) is 0. The summed E-state index contributed by atoms with van der Waals surface area (Å²) in [4.78, 5) is 34.9. The Morgan fingerprint density at radius 1 is 1.15 bits per heavy atom. The lowest BCUT2D eigenvalue weighted by molar-refractivity contribution is -0.172. The summed E-state index contributed by atoms with van der Waals surface area (Å²) in [6.07, 6.45) is 10.9. The fourth-order valence-corrected chi connectivity index (χ4v) is 4.06. The van der Waals surface area contributed by atoms with Gasteiger partial charge in [-0.25, -0.2) is 0 Å². The standard InChI is InChI=1S/C26H36O7/c1-18(7-6-8-22-12-14-30-17-22)15-23(31-20(3)27)16-19(2)9-10-24(32-21(4)28)26(5)13-11-25(29)33-26/h7,12,14,16-17,23-24H,6,8-11,13,15H2,1-5H3/b18-7+,19-16+/t23-,24-,26-/m0/s1. The molecule has 0 N–H and O–H groups in total. The molecule has 0 spiro atoms. The van der Waals surface area contributed by atoms with Gasteiger partial charge in [-0.2, -0.15) is 0 Å². The molecule has 1 aliphatic heterocycles. The Balaban J connectivity index is 1.98. The molecule has 1 aromatic heterocycles. The normalized spacial score (nSPS) is 20.8. The molecule has 7 heteroatoms. The number of hydrogen-bond donors (Lipinski definition) is 0. The van der Waals surface area contributed by atoms with Gasteiger partial charge in [0.15, 0.2) is 0 Å². The SMILES string of the molecule is CC(=O)O[C@H](/C=C(\C)CC[C@H](OC(C)=O)[C@]1(C)CCC(=O)O1)C/C(C)=C/CCc1ccoc1. The van der Waals surface area contributed by atoms with Crippen molar-refractivity contribution in [1.29, 1.82) is 0 Å². The first kappa shape index (κ1) is 26.4. The van der Waals surface area contributed by atoms with Crippen LogP contribution in [0.1, 0.15) is 78.7 Å². The molecule has 1 fully saturated rings. The van der Waals surface area contributed by atoms with Crippen LogP contribution in [-0.2, 0) is 35.0 Å². The minimum Gasteiger partial charge on any atom is -0.472 e. The molecule has 1 saturated heterocycles. The second-order valence-electron chi connectivity index (χ2n) is 9.01. The van der Waals surface area contributed by atoms with Crippen LogP contribution in [0.3, 0.4) is 0 Å². The van der Waals surface area contributed by atoms with Gasteiger partial charge in [0.05, 0.1) is 12.5 Å². The van der Waals surface area contributed by atoms with E-state index in [1.807, 2.05) is 32.9 Å². The Kier molecular flexibility index (Phi) is 9.95. The minimum absolute atomic E-state index is 0.271. The number of hydrogen-bond acceptors (Lipinski definition) is 7. The fourth-order valence-electron chi connectivity index (χ4n) is 4.06. The Hall–Kier alpha value is -2.83. The third-order valence-corrected chi connectivity index (χ3v) is 5.78. The van der Waals surface area contributed by atoms with E-state index < -0.39 is 17.7 Å². The molecule has 1 aliphatic rings. The number of carbonyl (C=O) groups is 3. The van der Waals surface area contributed by atoms with Gasteiger partial charge in [0.1, 0.15) is 17.8 Å². The lowest BCUT2D eigenvalue weighted by atomic mass is 9.90. The highest BCUT2D eigenvalue weighted by atomic mass is 16.6. The summed E-state index contributed by atoms with van der Waals surface area (Å²) in [5.74, 6) is -1.01. The third kappa shape index (κ3) is 9.28. The zero-order valence-electron chi connectivity index (χ0n) is 20.3. The van der Waals surface area contributed by atoms with Gasteiger partial charge < -0.3 is 18.6 Å². The smallest absolute Gasteiger partial charge is 0.306 e. The molecule has 0 amide bonds. The van der Waals surface area contributed by atoms with Gasteiger partial charge in [-0.05, 0) is 64.2 Å². The first-order chi connectivity index (χ1) is 15.6. The van der Waals surface area contributed by atoms with Crippen molar-refractivity contribution >= 4 is 17.9 Å². The number of aryl methyl sites for hydroxylation is 1. The van der Waals surface area contributed by atoms with Crippen molar-refractivity contribution in [2.24, 2.45) is 0 Å². The molecule has 0 radical (unpaired) electrons. The van der Waals surface area contributed by atoms with Crippen molar-refractivity contribution in [3.63, 3.8) is 0 Å². The van der Waals surface area contributed by atoms with Gasteiger partial charge in [0.25, 0.3) is 0 Å². The third-order valence-electron chi connectivity index (χ3n) is 5.78. The minimum atomic E-state index is -0.813. The lowest BCUT2D eigenvalue weighted by Gasteiger charge is -2.32. The van der Waals surface area contributed by atoms with Gasteiger partial charge in [-0.1, -0.05) is 17.2 Å². The second kappa shape index (κ2) is 12.4. The summed E-state index contributed by atoms with van der Waals surface area (Å²) in [6.45, 7) is 8.56. The Bertz CT molecular complexity index is 865. The Labute approximate surface area is 196 Å². The predicted octanol–water partition coefficient (Wildman–Crippen LogP) is 5.23. The number of esters is 3. The topological polar surface area (TPSA) is 92.0 Å². The maximum absolute atomic E-state index is 11.6. The van der Waals surface area contributed by atoms with Crippen LogP contribution >= 0.6 is 0 Å². The molecule has 3 atom stereocenters. The number of carbonyl (C=O) groups excluding carboxylic acids is 3. The molecule has 33 heavy (non-hydrogen) atoms. The van der Waals surface area contributed by atoms with Crippen molar-refractivity contribution in [3.05, 3.63) is 47.5 Å². The summed E-state index contributed by atoms with van der Waals surface area (Å²) >= 11 is 0. The number of ether oxygens (including phenoxy) is 3.